The first-order valence-corrected chi connectivity index (χ1v) is 5.68. The third-order valence-corrected chi connectivity index (χ3v) is 2.74. The molecular weight excluding hydrogens is 222 g/mol. The molecule has 0 heterocycles. The number of unbranched alkanes of at least 4 members (excludes halogenated alkanes) is 1. The SMILES string of the molecule is CC1(C(=O)NNCCCCC(N)C(=O)O)C=C1. The Kier molecular flexibility index (Phi) is 4.65. The first-order valence-electron chi connectivity index (χ1n) is 5.68. The summed E-state index contributed by atoms with van der Waals surface area (Å²) in [5, 5.41) is 8.55. The van der Waals surface area contributed by atoms with E-state index in [1.54, 1.807) is 0 Å². The Morgan fingerprint density at radius 3 is 2.59 bits per heavy atom. The van der Waals surface area contributed by atoms with E-state index in [0.29, 0.717) is 19.4 Å². The molecule has 1 rings (SSSR count). The van der Waals surface area contributed by atoms with Gasteiger partial charge in [0.25, 0.3) is 0 Å². The molecular formula is C11H19N3O3. The monoisotopic (exact) mass is 241 g/mol. The van der Waals surface area contributed by atoms with E-state index < -0.39 is 17.4 Å². The topological polar surface area (TPSA) is 104 Å². The van der Waals surface area contributed by atoms with E-state index in [1.807, 2.05) is 19.1 Å². The van der Waals surface area contributed by atoms with Crippen molar-refractivity contribution in [1.82, 2.24) is 10.9 Å². The second-order valence-corrected chi connectivity index (χ2v) is 4.44. The predicted octanol–water partition coefficient (Wildman–Crippen LogP) is -0.234. The number of carboxylic acid groups (broad SMARTS) is 1. The van der Waals surface area contributed by atoms with Gasteiger partial charge in [-0.25, -0.2) is 5.43 Å². The normalized spacial score (nSPS) is 17.5. The number of hydrazine groups is 1. The zero-order valence-electron chi connectivity index (χ0n) is 9.90. The maximum absolute atomic E-state index is 11.4. The number of carboxylic acids is 1. The molecule has 6 heteroatoms. The molecule has 0 spiro atoms. The van der Waals surface area contributed by atoms with Gasteiger partial charge in [-0.15, -0.1) is 0 Å². The third kappa shape index (κ3) is 4.54. The number of hydrogen-bond donors (Lipinski definition) is 4. The Morgan fingerprint density at radius 2 is 2.06 bits per heavy atom. The fourth-order valence-electron chi connectivity index (χ4n) is 1.25. The predicted molar refractivity (Wildman–Crippen MR) is 62.9 cm³/mol. The quantitative estimate of drug-likeness (QED) is 0.267. The summed E-state index contributed by atoms with van der Waals surface area (Å²) >= 11 is 0. The molecule has 0 aromatic carbocycles. The van der Waals surface area contributed by atoms with Crippen LogP contribution < -0.4 is 16.6 Å². The van der Waals surface area contributed by atoms with Crippen LogP contribution in [0.15, 0.2) is 12.2 Å². The van der Waals surface area contributed by atoms with E-state index >= 15 is 0 Å². The van der Waals surface area contributed by atoms with Crippen molar-refractivity contribution in [3.05, 3.63) is 12.2 Å². The minimum atomic E-state index is -0.973. The van der Waals surface area contributed by atoms with Crippen LogP contribution >= 0.6 is 0 Å². The van der Waals surface area contributed by atoms with Crippen molar-refractivity contribution in [2.45, 2.75) is 32.2 Å². The van der Waals surface area contributed by atoms with Gasteiger partial charge in [-0.3, -0.25) is 15.0 Å². The maximum atomic E-state index is 11.4. The Balaban J connectivity index is 1.94. The molecule has 1 unspecified atom stereocenters. The summed E-state index contributed by atoms with van der Waals surface area (Å²) in [4.78, 5) is 21.8. The molecule has 17 heavy (non-hydrogen) atoms. The van der Waals surface area contributed by atoms with Crippen LogP contribution in [-0.4, -0.2) is 29.6 Å². The first-order chi connectivity index (χ1) is 7.96. The number of amides is 1. The second kappa shape index (κ2) is 5.79. The largest absolute Gasteiger partial charge is 0.480 e. The zero-order chi connectivity index (χ0) is 12.9. The molecule has 0 aromatic rings. The smallest absolute Gasteiger partial charge is 0.320 e. The molecule has 0 aliphatic heterocycles. The summed E-state index contributed by atoms with van der Waals surface area (Å²) in [5.41, 5.74) is 10.3. The van der Waals surface area contributed by atoms with Gasteiger partial charge < -0.3 is 10.8 Å². The van der Waals surface area contributed by atoms with E-state index in [1.165, 1.54) is 0 Å². The average molecular weight is 241 g/mol. The molecule has 0 radical (unpaired) electrons. The fraction of sp³-hybridized carbons (Fsp3) is 0.636. The van der Waals surface area contributed by atoms with Gasteiger partial charge in [0.2, 0.25) is 5.91 Å². The Morgan fingerprint density at radius 1 is 1.41 bits per heavy atom. The van der Waals surface area contributed by atoms with Gasteiger partial charge in [-0.2, -0.15) is 0 Å². The van der Waals surface area contributed by atoms with Crippen LogP contribution in [0.2, 0.25) is 0 Å². The van der Waals surface area contributed by atoms with E-state index in [0.717, 1.165) is 6.42 Å². The Labute approximate surface area is 100 Å². The van der Waals surface area contributed by atoms with Crippen LogP contribution in [0.1, 0.15) is 26.2 Å². The van der Waals surface area contributed by atoms with E-state index in [4.69, 9.17) is 10.8 Å². The van der Waals surface area contributed by atoms with Gasteiger partial charge in [-0.05, 0) is 26.2 Å². The highest BCUT2D eigenvalue weighted by atomic mass is 16.4. The van der Waals surface area contributed by atoms with Crippen molar-refractivity contribution < 1.29 is 14.7 Å². The molecule has 0 fully saturated rings. The molecule has 0 saturated carbocycles. The summed E-state index contributed by atoms with van der Waals surface area (Å²) in [5.74, 6) is -1.04. The summed E-state index contributed by atoms with van der Waals surface area (Å²) < 4.78 is 0. The van der Waals surface area contributed by atoms with E-state index in [2.05, 4.69) is 10.9 Å². The molecule has 0 bridgehead atoms. The molecule has 1 atom stereocenters. The summed E-state index contributed by atoms with van der Waals surface area (Å²) in [6.07, 6.45) is 5.59. The van der Waals surface area contributed by atoms with Crippen molar-refractivity contribution in [2.24, 2.45) is 11.1 Å². The summed E-state index contributed by atoms with van der Waals surface area (Å²) in [7, 11) is 0. The lowest BCUT2D eigenvalue weighted by Crippen LogP contribution is -2.42. The number of nitrogens with two attached hydrogens (primary N) is 1. The van der Waals surface area contributed by atoms with Gasteiger partial charge in [-0.1, -0.05) is 12.2 Å². The molecule has 0 aromatic heterocycles. The highest BCUT2D eigenvalue weighted by molar-refractivity contribution is 5.89. The standard InChI is InChI=1S/C11H19N3O3/c1-11(5-6-11)10(17)14-13-7-3-2-4-8(12)9(15)16/h5-6,8,13H,2-4,7,12H2,1H3,(H,14,17)(H,15,16). The van der Waals surface area contributed by atoms with Crippen LogP contribution in [0.25, 0.3) is 0 Å². The number of rotatable bonds is 8. The molecule has 1 aliphatic rings. The number of carbonyl (C=O) groups excluding carboxylic acids is 1. The highest BCUT2D eigenvalue weighted by Crippen LogP contribution is 2.33. The Bertz CT molecular complexity index is 322. The molecule has 0 saturated heterocycles. The average Bonchev–Trinajstić information content (AvgIpc) is 3.02. The van der Waals surface area contributed by atoms with Crippen molar-refractivity contribution >= 4 is 11.9 Å². The van der Waals surface area contributed by atoms with Crippen LogP contribution in [0.3, 0.4) is 0 Å². The van der Waals surface area contributed by atoms with Crippen molar-refractivity contribution in [2.75, 3.05) is 6.54 Å². The number of nitrogens with one attached hydrogen (secondary N) is 2. The van der Waals surface area contributed by atoms with Crippen molar-refractivity contribution in [3.8, 4) is 0 Å². The number of hydrogen-bond acceptors (Lipinski definition) is 4. The highest BCUT2D eigenvalue weighted by Gasteiger charge is 2.36. The van der Waals surface area contributed by atoms with Crippen LogP contribution in [0.4, 0.5) is 0 Å². The zero-order valence-corrected chi connectivity index (χ0v) is 9.90. The van der Waals surface area contributed by atoms with E-state index in [9.17, 15) is 9.59 Å². The lowest BCUT2D eigenvalue weighted by molar-refractivity contribution is -0.138. The fourth-order valence-corrected chi connectivity index (χ4v) is 1.25. The molecule has 1 amide bonds. The lowest BCUT2D eigenvalue weighted by Gasteiger charge is -2.11. The van der Waals surface area contributed by atoms with Crippen LogP contribution in [-0.2, 0) is 9.59 Å². The minimum absolute atomic E-state index is 0.0697. The molecule has 96 valence electrons. The molecule has 1 aliphatic carbocycles. The first kappa shape index (κ1) is 13.7. The van der Waals surface area contributed by atoms with Gasteiger partial charge >= 0.3 is 5.97 Å². The van der Waals surface area contributed by atoms with E-state index in [-0.39, 0.29) is 5.91 Å². The van der Waals surface area contributed by atoms with Crippen molar-refractivity contribution in [1.29, 1.82) is 0 Å². The molecule has 6 nitrogen and oxygen atoms in total. The second-order valence-electron chi connectivity index (χ2n) is 4.44. The minimum Gasteiger partial charge on any atom is -0.480 e. The van der Waals surface area contributed by atoms with Gasteiger partial charge in [0.1, 0.15) is 6.04 Å². The van der Waals surface area contributed by atoms with Crippen LogP contribution in [0.5, 0.6) is 0 Å². The Hall–Kier alpha value is -1.40. The van der Waals surface area contributed by atoms with Crippen LogP contribution in [0, 0.1) is 5.41 Å². The van der Waals surface area contributed by atoms with Gasteiger partial charge in [0.15, 0.2) is 0 Å². The van der Waals surface area contributed by atoms with Gasteiger partial charge in [0.05, 0.1) is 5.41 Å². The summed E-state index contributed by atoms with van der Waals surface area (Å²) in [6.45, 7) is 2.43. The summed E-state index contributed by atoms with van der Waals surface area (Å²) in [6, 6.07) is -0.792. The number of aliphatic carboxylic acids is 1. The number of carbonyl (C=O) groups is 2. The third-order valence-electron chi connectivity index (χ3n) is 2.74. The van der Waals surface area contributed by atoms with Crippen molar-refractivity contribution in [3.63, 3.8) is 0 Å². The van der Waals surface area contributed by atoms with Gasteiger partial charge in [0, 0.05) is 6.54 Å². The molecule has 5 N–H and O–H groups in total. The lowest BCUT2D eigenvalue weighted by atomic mass is 10.1. The maximum Gasteiger partial charge on any atom is 0.320 e.